The first-order valence-electron chi connectivity index (χ1n) is 5.20. The van der Waals surface area contributed by atoms with Crippen molar-refractivity contribution in [3.05, 3.63) is 35.9 Å². The first-order chi connectivity index (χ1) is 8.02. The minimum Gasteiger partial charge on any atom is -0.288 e. The Kier molecular flexibility index (Phi) is 4.53. The van der Waals surface area contributed by atoms with E-state index in [4.69, 9.17) is 5.84 Å². The predicted molar refractivity (Wildman–Crippen MR) is 59.8 cm³/mol. The molecule has 6 heteroatoms. The number of amides is 1. The molecular weight excluding hydrogens is 228 g/mol. The summed E-state index contributed by atoms with van der Waals surface area (Å²) in [5.74, 6) is 3.23. The zero-order valence-electron chi connectivity index (χ0n) is 9.49. The number of likely N-dealkylation sites (N-methyl/N-ethyl adjacent to an activating group) is 1. The van der Waals surface area contributed by atoms with Crippen molar-refractivity contribution in [3.8, 4) is 0 Å². The van der Waals surface area contributed by atoms with Gasteiger partial charge in [-0.05, 0) is 5.56 Å². The molecule has 4 nitrogen and oxygen atoms in total. The number of hydrazine groups is 1. The zero-order valence-corrected chi connectivity index (χ0v) is 9.49. The van der Waals surface area contributed by atoms with E-state index in [2.05, 4.69) is 0 Å². The van der Waals surface area contributed by atoms with Gasteiger partial charge in [0.2, 0.25) is 0 Å². The monoisotopic (exact) mass is 243 g/mol. The molecule has 1 aromatic carbocycles. The maximum atomic E-state index is 13.6. The van der Waals surface area contributed by atoms with Gasteiger partial charge in [0.05, 0.1) is 0 Å². The van der Waals surface area contributed by atoms with Crippen LogP contribution in [0.25, 0.3) is 0 Å². The molecule has 3 N–H and O–H groups in total. The van der Waals surface area contributed by atoms with Crippen LogP contribution in [0.4, 0.5) is 8.78 Å². The average Bonchev–Trinajstić information content (AvgIpc) is 2.35. The summed E-state index contributed by atoms with van der Waals surface area (Å²) in [7, 11) is 0. The quantitative estimate of drug-likeness (QED) is 0.352. The van der Waals surface area contributed by atoms with Crippen molar-refractivity contribution in [2.45, 2.75) is 19.5 Å². The van der Waals surface area contributed by atoms with Crippen molar-refractivity contribution in [1.82, 2.24) is 10.3 Å². The molecule has 1 aromatic rings. The Bertz CT molecular complexity index is 370. The Morgan fingerprint density at radius 2 is 2.00 bits per heavy atom. The van der Waals surface area contributed by atoms with Crippen LogP contribution in [0.15, 0.2) is 30.3 Å². The van der Waals surface area contributed by atoms with Crippen molar-refractivity contribution in [2.75, 3.05) is 6.54 Å². The van der Waals surface area contributed by atoms with E-state index in [1.807, 2.05) is 0 Å². The summed E-state index contributed by atoms with van der Waals surface area (Å²) in [6, 6.07) is 5.14. The van der Waals surface area contributed by atoms with Crippen molar-refractivity contribution in [3.63, 3.8) is 0 Å². The maximum absolute atomic E-state index is 13.6. The topological polar surface area (TPSA) is 58.4 Å². The molecule has 94 valence electrons. The van der Waals surface area contributed by atoms with Crippen LogP contribution in [0.2, 0.25) is 0 Å². The molecule has 1 rings (SSSR count). The number of alkyl halides is 2. The number of carbonyl (C=O) groups is 1. The molecule has 0 heterocycles. The number of hydrogen-bond donors (Lipinski definition) is 2. The van der Waals surface area contributed by atoms with E-state index in [1.54, 1.807) is 37.3 Å². The van der Waals surface area contributed by atoms with Gasteiger partial charge in [-0.2, -0.15) is 8.78 Å². The third kappa shape index (κ3) is 3.21. The molecule has 0 aliphatic heterocycles. The molecule has 0 aromatic heterocycles. The molecule has 0 fully saturated rings. The number of rotatable bonds is 5. The highest BCUT2D eigenvalue weighted by molar-refractivity contribution is 5.82. The number of halogens is 2. The third-order valence-corrected chi connectivity index (χ3v) is 2.40. The predicted octanol–water partition coefficient (Wildman–Crippen LogP) is 1.09. The van der Waals surface area contributed by atoms with Crippen molar-refractivity contribution >= 4 is 5.91 Å². The zero-order chi connectivity index (χ0) is 12.9. The molecule has 0 spiro atoms. The molecular formula is C11H15F2N3O. The second-order valence-corrected chi connectivity index (χ2v) is 3.51. The molecule has 17 heavy (non-hydrogen) atoms. The second kappa shape index (κ2) is 5.70. The molecule has 0 unspecified atom stereocenters. The largest absolute Gasteiger partial charge is 0.385 e. The standard InChI is InChI=1S/C11H15F2N3O/c1-2-16(11(12,13)10(17)15-14)8-9-6-4-3-5-7-9/h3-7H,2,8,14H2,1H3,(H,15,17). The van der Waals surface area contributed by atoms with Gasteiger partial charge in [-0.25, -0.2) is 10.7 Å². The van der Waals surface area contributed by atoms with Gasteiger partial charge in [-0.15, -0.1) is 0 Å². The Morgan fingerprint density at radius 3 is 2.47 bits per heavy atom. The lowest BCUT2D eigenvalue weighted by Crippen LogP contribution is -2.54. The minimum atomic E-state index is -3.61. The van der Waals surface area contributed by atoms with Crippen LogP contribution in [0.5, 0.6) is 0 Å². The molecule has 0 radical (unpaired) electrons. The van der Waals surface area contributed by atoms with Crippen LogP contribution in [0, 0.1) is 0 Å². The van der Waals surface area contributed by atoms with Gasteiger partial charge >= 0.3 is 12.0 Å². The molecule has 0 saturated carbocycles. The van der Waals surface area contributed by atoms with Gasteiger partial charge in [0.25, 0.3) is 0 Å². The van der Waals surface area contributed by atoms with Gasteiger partial charge in [-0.3, -0.25) is 10.2 Å². The van der Waals surface area contributed by atoms with E-state index < -0.39 is 12.0 Å². The van der Waals surface area contributed by atoms with Crippen molar-refractivity contribution in [1.29, 1.82) is 0 Å². The van der Waals surface area contributed by atoms with Crippen LogP contribution in [0.3, 0.4) is 0 Å². The highest BCUT2D eigenvalue weighted by Crippen LogP contribution is 2.21. The summed E-state index contributed by atoms with van der Waals surface area (Å²) >= 11 is 0. The maximum Gasteiger partial charge on any atom is 0.385 e. The van der Waals surface area contributed by atoms with E-state index in [9.17, 15) is 13.6 Å². The average molecular weight is 243 g/mol. The summed E-state index contributed by atoms with van der Waals surface area (Å²) in [5.41, 5.74) is 2.18. The van der Waals surface area contributed by atoms with Gasteiger partial charge in [0.15, 0.2) is 0 Å². The summed E-state index contributed by atoms with van der Waals surface area (Å²) in [5, 5.41) is 0. The highest BCUT2D eigenvalue weighted by atomic mass is 19.3. The Morgan fingerprint density at radius 1 is 1.41 bits per heavy atom. The second-order valence-electron chi connectivity index (χ2n) is 3.51. The van der Waals surface area contributed by atoms with E-state index in [1.165, 1.54) is 5.43 Å². The highest BCUT2D eigenvalue weighted by Gasteiger charge is 2.44. The first kappa shape index (κ1) is 13.5. The normalized spacial score (nSPS) is 11.6. The summed E-state index contributed by atoms with van der Waals surface area (Å²) in [6.07, 6.45) is 0. The van der Waals surface area contributed by atoms with Crippen LogP contribution in [-0.2, 0) is 11.3 Å². The van der Waals surface area contributed by atoms with Crippen LogP contribution in [-0.4, -0.2) is 23.4 Å². The Hall–Kier alpha value is -1.53. The number of benzene rings is 1. The Balaban J connectivity index is 2.82. The lowest BCUT2D eigenvalue weighted by molar-refractivity contribution is -0.180. The van der Waals surface area contributed by atoms with E-state index in [-0.39, 0.29) is 13.1 Å². The fraction of sp³-hybridized carbons (Fsp3) is 0.364. The number of carbonyl (C=O) groups excluding carboxylic acids is 1. The van der Waals surface area contributed by atoms with Crippen LogP contribution in [0.1, 0.15) is 12.5 Å². The fourth-order valence-electron chi connectivity index (χ4n) is 1.44. The number of hydrogen-bond acceptors (Lipinski definition) is 3. The minimum absolute atomic E-state index is 0.0161. The smallest absolute Gasteiger partial charge is 0.288 e. The van der Waals surface area contributed by atoms with E-state index in [0.29, 0.717) is 5.56 Å². The summed E-state index contributed by atoms with van der Waals surface area (Å²) in [6.45, 7) is 1.58. The molecule has 0 aliphatic carbocycles. The number of nitrogens with one attached hydrogen (secondary N) is 1. The van der Waals surface area contributed by atoms with E-state index >= 15 is 0 Å². The molecule has 0 bridgehead atoms. The third-order valence-electron chi connectivity index (χ3n) is 2.40. The number of nitrogens with zero attached hydrogens (tertiary/aromatic N) is 1. The number of nitrogens with two attached hydrogens (primary N) is 1. The molecule has 0 aliphatic rings. The lowest BCUT2D eigenvalue weighted by atomic mass is 10.2. The van der Waals surface area contributed by atoms with Gasteiger partial charge < -0.3 is 0 Å². The molecule has 1 amide bonds. The summed E-state index contributed by atoms with van der Waals surface area (Å²) in [4.78, 5) is 11.8. The van der Waals surface area contributed by atoms with Crippen LogP contribution >= 0.6 is 0 Å². The SMILES string of the molecule is CCN(Cc1ccccc1)C(F)(F)C(=O)NN. The van der Waals surface area contributed by atoms with Crippen LogP contribution < -0.4 is 11.3 Å². The first-order valence-corrected chi connectivity index (χ1v) is 5.20. The van der Waals surface area contributed by atoms with Gasteiger partial charge in [0.1, 0.15) is 0 Å². The van der Waals surface area contributed by atoms with E-state index in [0.717, 1.165) is 4.90 Å². The van der Waals surface area contributed by atoms with Crippen molar-refractivity contribution < 1.29 is 13.6 Å². The lowest BCUT2D eigenvalue weighted by Gasteiger charge is -2.28. The van der Waals surface area contributed by atoms with Crippen molar-refractivity contribution in [2.24, 2.45) is 5.84 Å². The summed E-state index contributed by atoms with van der Waals surface area (Å²) < 4.78 is 27.2. The molecule has 0 atom stereocenters. The fourth-order valence-corrected chi connectivity index (χ4v) is 1.44. The molecule has 0 saturated heterocycles. The van der Waals surface area contributed by atoms with Gasteiger partial charge in [-0.1, -0.05) is 37.3 Å². The Labute approximate surface area is 98.4 Å². The van der Waals surface area contributed by atoms with Gasteiger partial charge in [0, 0.05) is 13.1 Å².